The van der Waals surface area contributed by atoms with E-state index in [9.17, 15) is 18.3 Å². The highest BCUT2D eigenvalue weighted by molar-refractivity contribution is 5.65. The molecule has 0 saturated heterocycles. The molecule has 134 valence electrons. The van der Waals surface area contributed by atoms with Crippen LogP contribution in [0.5, 0.6) is 5.75 Å². The minimum atomic E-state index is -4.36. The highest BCUT2D eigenvalue weighted by atomic mass is 19.4. The minimum Gasteiger partial charge on any atom is -0.497 e. The fourth-order valence-electron chi connectivity index (χ4n) is 2.72. The van der Waals surface area contributed by atoms with Crippen molar-refractivity contribution in [2.45, 2.75) is 12.3 Å². The van der Waals surface area contributed by atoms with Gasteiger partial charge in [-0.3, -0.25) is 0 Å². The number of ether oxygens (including phenoxy) is 1. The van der Waals surface area contributed by atoms with E-state index in [0.717, 1.165) is 17.7 Å². The first-order valence-corrected chi connectivity index (χ1v) is 7.98. The van der Waals surface area contributed by atoms with E-state index in [-0.39, 0.29) is 0 Å². The number of aliphatic hydroxyl groups excluding tert-OH is 1. The number of hydrogen-bond acceptors (Lipinski definition) is 2. The van der Waals surface area contributed by atoms with E-state index in [4.69, 9.17) is 4.74 Å². The third kappa shape index (κ3) is 3.89. The van der Waals surface area contributed by atoms with Crippen molar-refractivity contribution >= 4 is 0 Å². The molecule has 0 aliphatic carbocycles. The molecule has 0 bridgehead atoms. The van der Waals surface area contributed by atoms with Crippen LogP contribution < -0.4 is 4.74 Å². The van der Waals surface area contributed by atoms with Gasteiger partial charge in [0.15, 0.2) is 0 Å². The lowest BCUT2D eigenvalue weighted by Crippen LogP contribution is -2.04. The van der Waals surface area contributed by atoms with Crippen LogP contribution in [-0.2, 0) is 6.18 Å². The summed E-state index contributed by atoms with van der Waals surface area (Å²) < 4.78 is 43.2. The number of alkyl halides is 3. The Bertz CT molecular complexity index is 869. The minimum absolute atomic E-state index is 0.654. The number of aliphatic hydroxyl groups is 1. The van der Waals surface area contributed by atoms with Crippen molar-refractivity contribution in [3.05, 3.63) is 89.5 Å². The fourth-order valence-corrected chi connectivity index (χ4v) is 2.72. The second-order valence-electron chi connectivity index (χ2n) is 5.88. The van der Waals surface area contributed by atoms with Gasteiger partial charge in [-0.15, -0.1) is 0 Å². The van der Waals surface area contributed by atoms with Crippen LogP contribution in [0.15, 0.2) is 72.8 Å². The van der Waals surface area contributed by atoms with Gasteiger partial charge in [-0.2, -0.15) is 13.2 Å². The van der Waals surface area contributed by atoms with Gasteiger partial charge in [0, 0.05) is 0 Å². The Balaban J connectivity index is 1.87. The van der Waals surface area contributed by atoms with Crippen LogP contribution in [0.2, 0.25) is 0 Å². The van der Waals surface area contributed by atoms with Crippen molar-refractivity contribution in [1.82, 2.24) is 0 Å². The molecule has 1 unspecified atom stereocenters. The number of methoxy groups -OCH3 is 1. The molecule has 3 rings (SSSR count). The summed E-state index contributed by atoms with van der Waals surface area (Å²) in [6.07, 6.45) is -5.19. The zero-order valence-corrected chi connectivity index (χ0v) is 14.0. The summed E-state index contributed by atoms with van der Waals surface area (Å²) in [5.74, 6) is 0.694. The highest BCUT2D eigenvalue weighted by Gasteiger charge is 2.29. The van der Waals surface area contributed by atoms with E-state index in [2.05, 4.69) is 0 Å². The van der Waals surface area contributed by atoms with Gasteiger partial charge in [-0.1, -0.05) is 42.5 Å². The zero-order valence-electron chi connectivity index (χ0n) is 14.0. The number of benzene rings is 3. The SMILES string of the molecule is COc1ccc(C(O)c2cccc(-c3ccc(C(F)(F)F)cc3)c2)cc1. The van der Waals surface area contributed by atoms with Crippen molar-refractivity contribution in [3.63, 3.8) is 0 Å². The average Bonchev–Trinajstić information content (AvgIpc) is 2.67. The normalized spacial score (nSPS) is 12.7. The molecule has 0 spiro atoms. The molecule has 3 aromatic rings. The molecule has 0 fully saturated rings. The van der Waals surface area contributed by atoms with Crippen molar-refractivity contribution in [2.75, 3.05) is 7.11 Å². The van der Waals surface area contributed by atoms with E-state index >= 15 is 0 Å². The average molecular weight is 358 g/mol. The number of rotatable bonds is 4. The third-order valence-electron chi connectivity index (χ3n) is 4.18. The molecule has 0 amide bonds. The van der Waals surface area contributed by atoms with E-state index in [1.165, 1.54) is 12.1 Å². The molecule has 3 aromatic carbocycles. The van der Waals surface area contributed by atoms with Crippen LogP contribution in [0.3, 0.4) is 0 Å². The monoisotopic (exact) mass is 358 g/mol. The Labute approximate surface area is 149 Å². The van der Waals surface area contributed by atoms with Crippen molar-refractivity contribution < 1.29 is 23.0 Å². The zero-order chi connectivity index (χ0) is 18.7. The van der Waals surface area contributed by atoms with Crippen LogP contribution in [0.25, 0.3) is 11.1 Å². The van der Waals surface area contributed by atoms with Crippen molar-refractivity contribution in [1.29, 1.82) is 0 Å². The first-order chi connectivity index (χ1) is 12.4. The smallest absolute Gasteiger partial charge is 0.416 e. The maximum atomic E-state index is 12.7. The Kier molecular flexibility index (Phi) is 5.00. The summed E-state index contributed by atoms with van der Waals surface area (Å²) >= 11 is 0. The standard InChI is InChI=1S/C21H17F3O2/c1-26-19-11-7-15(8-12-19)20(25)17-4-2-3-16(13-17)14-5-9-18(10-6-14)21(22,23)24/h2-13,20,25H,1H3. The lowest BCUT2D eigenvalue weighted by molar-refractivity contribution is -0.137. The molecule has 0 aliphatic heterocycles. The Morgan fingerprint density at radius 3 is 2.04 bits per heavy atom. The maximum absolute atomic E-state index is 12.7. The van der Waals surface area contributed by atoms with E-state index < -0.39 is 17.8 Å². The number of halogens is 3. The second kappa shape index (κ2) is 7.22. The second-order valence-corrected chi connectivity index (χ2v) is 5.88. The van der Waals surface area contributed by atoms with Crippen LogP contribution in [0.1, 0.15) is 22.8 Å². The molecule has 0 aromatic heterocycles. The largest absolute Gasteiger partial charge is 0.497 e. The van der Waals surface area contributed by atoms with Gasteiger partial charge in [-0.25, -0.2) is 0 Å². The lowest BCUT2D eigenvalue weighted by Gasteiger charge is -2.14. The van der Waals surface area contributed by atoms with Gasteiger partial charge < -0.3 is 9.84 Å². The first kappa shape index (κ1) is 18.0. The topological polar surface area (TPSA) is 29.5 Å². The van der Waals surface area contributed by atoms with Gasteiger partial charge in [0.1, 0.15) is 11.9 Å². The molecule has 1 atom stereocenters. The van der Waals surface area contributed by atoms with E-state index in [1.54, 1.807) is 55.6 Å². The number of hydrogen-bond donors (Lipinski definition) is 1. The Morgan fingerprint density at radius 2 is 1.46 bits per heavy atom. The molecule has 0 radical (unpaired) electrons. The highest BCUT2D eigenvalue weighted by Crippen LogP contribution is 2.32. The van der Waals surface area contributed by atoms with E-state index in [0.29, 0.717) is 22.4 Å². The molecule has 0 saturated carbocycles. The Morgan fingerprint density at radius 1 is 0.808 bits per heavy atom. The van der Waals surface area contributed by atoms with Crippen LogP contribution in [0, 0.1) is 0 Å². The van der Waals surface area contributed by atoms with Crippen LogP contribution in [-0.4, -0.2) is 12.2 Å². The Hall–Kier alpha value is -2.79. The summed E-state index contributed by atoms with van der Waals surface area (Å²) in [6.45, 7) is 0. The van der Waals surface area contributed by atoms with Gasteiger partial charge in [0.05, 0.1) is 12.7 Å². The molecule has 0 heterocycles. The predicted octanol–water partition coefficient (Wildman–Crippen LogP) is 5.46. The molecular weight excluding hydrogens is 341 g/mol. The summed E-state index contributed by atoms with van der Waals surface area (Å²) in [5.41, 5.74) is 2.07. The third-order valence-corrected chi connectivity index (χ3v) is 4.18. The van der Waals surface area contributed by atoms with Crippen LogP contribution >= 0.6 is 0 Å². The molecule has 5 heteroatoms. The van der Waals surface area contributed by atoms with Gasteiger partial charge in [0.2, 0.25) is 0 Å². The lowest BCUT2D eigenvalue weighted by atomic mass is 9.96. The summed E-state index contributed by atoms with van der Waals surface area (Å²) in [6, 6.07) is 19.2. The van der Waals surface area contributed by atoms with Gasteiger partial charge >= 0.3 is 6.18 Å². The fraction of sp³-hybridized carbons (Fsp3) is 0.143. The predicted molar refractivity (Wildman–Crippen MR) is 93.9 cm³/mol. The molecule has 26 heavy (non-hydrogen) atoms. The summed E-state index contributed by atoms with van der Waals surface area (Å²) in [7, 11) is 1.57. The summed E-state index contributed by atoms with van der Waals surface area (Å²) in [4.78, 5) is 0. The van der Waals surface area contributed by atoms with Gasteiger partial charge in [-0.05, 0) is 52.6 Å². The van der Waals surface area contributed by atoms with E-state index in [1.807, 2.05) is 0 Å². The quantitative estimate of drug-likeness (QED) is 0.671. The summed E-state index contributed by atoms with van der Waals surface area (Å²) in [5, 5.41) is 10.6. The molecule has 0 aliphatic rings. The van der Waals surface area contributed by atoms with Crippen molar-refractivity contribution in [2.24, 2.45) is 0 Å². The molecular formula is C21H17F3O2. The maximum Gasteiger partial charge on any atom is 0.416 e. The van der Waals surface area contributed by atoms with Crippen molar-refractivity contribution in [3.8, 4) is 16.9 Å². The first-order valence-electron chi connectivity index (χ1n) is 7.98. The molecule has 2 nitrogen and oxygen atoms in total. The van der Waals surface area contributed by atoms with Gasteiger partial charge in [0.25, 0.3) is 0 Å². The molecule has 1 N–H and O–H groups in total. The van der Waals surface area contributed by atoms with Crippen LogP contribution in [0.4, 0.5) is 13.2 Å².